The van der Waals surface area contributed by atoms with Crippen molar-refractivity contribution in [3.63, 3.8) is 0 Å². The number of para-hydroxylation sites is 1. The van der Waals surface area contributed by atoms with Gasteiger partial charge in [0, 0.05) is 12.1 Å². The van der Waals surface area contributed by atoms with Crippen LogP contribution >= 0.6 is 0 Å². The molecule has 0 aliphatic heterocycles. The summed E-state index contributed by atoms with van der Waals surface area (Å²) in [7, 11) is 0. The molecule has 4 heteroatoms. The van der Waals surface area contributed by atoms with Crippen molar-refractivity contribution in [3.8, 4) is 0 Å². The standard InChI is InChI=1S/C19H22N2O2/c1-3-4-12-20-19(23)16-10-5-6-11-17(16)21-18(22)15-9-7-8-14(2)13-15/h5-11,13H,3-4,12H2,1-2H3,(H,20,23)(H,21,22). The van der Waals surface area contributed by atoms with Gasteiger partial charge < -0.3 is 10.6 Å². The molecule has 0 aliphatic rings. The SMILES string of the molecule is CCCCNC(=O)c1ccccc1NC(=O)c1cccc(C)c1. The fraction of sp³-hybridized carbons (Fsp3) is 0.263. The largest absolute Gasteiger partial charge is 0.352 e. The minimum Gasteiger partial charge on any atom is -0.352 e. The van der Waals surface area contributed by atoms with Crippen LogP contribution in [0.2, 0.25) is 0 Å². The molecular weight excluding hydrogens is 288 g/mol. The molecule has 2 aromatic rings. The highest BCUT2D eigenvalue weighted by molar-refractivity contribution is 6.09. The van der Waals surface area contributed by atoms with Crippen LogP contribution in [-0.2, 0) is 0 Å². The predicted octanol–water partition coefficient (Wildman–Crippen LogP) is 3.78. The van der Waals surface area contributed by atoms with Gasteiger partial charge in [0.05, 0.1) is 11.3 Å². The van der Waals surface area contributed by atoms with E-state index in [1.165, 1.54) is 0 Å². The topological polar surface area (TPSA) is 58.2 Å². The van der Waals surface area contributed by atoms with Crippen molar-refractivity contribution in [2.75, 3.05) is 11.9 Å². The first-order valence-corrected chi connectivity index (χ1v) is 7.87. The maximum Gasteiger partial charge on any atom is 0.255 e. The van der Waals surface area contributed by atoms with Crippen molar-refractivity contribution in [1.29, 1.82) is 0 Å². The minimum absolute atomic E-state index is 0.168. The molecule has 0 aromatic heterocycles. The Hall–Kier alpha value is -2.62. The summed E-state index contributed by atoms with van der Waals surface area (Å²) in [6.45, 7) is 4.64. The smallest absolute Gasteiger partial charge is 0.255 e. The molecule has 0 heterocycles. The number of carbonyl (C=O) groups is 2. The summed E-state index contributed by atoms with van der Waals surface area (Å²) in [6, 6.07) is 14.4. The maximum atomic E-state index is 12.4. The second-order valence-corrected chi connectivity index (χ2v) is 5.48. The van der Waals surface area contributed by atoms with Gasteiger partial charge in [0.2, 0.25) is 0 Å². The predicted molar refractivity (Wildman–Crippen MR) is 92.8 cm³/mol. The first-order valence-electron chi connectivity index (χ1n) is 7.87. The summed E-state index contributed by atoms with van der Waals surface area (Å²) in [5.41, 5.74) is 2.59. The zero-order valence-corrected chi connectivity index (χ0v) is 13.6. The Morgan fingerprint density at radius 3 is 2.52 bits per heavy atom. The van der Waals surface area contributed by atoms with Gasteiger partial charge in [-0.1, -0.05) is 43.2 Å². The molecule has 4 nitrogen and oxygen atoms in total. The molecule has 0 atom stereocenters. The number of nitrogens with one attached hydrogen (secondary N) is 2. The normalized spacial score (nSPS) is 10.2. The average Bonchev–Trinajstić information content (AvgIpc) is 2.55. The number of carbonyl (C=O) groups excluding carboxylic acids is 2. The fourth-order valence-electron chi connectivity index (χ4n) is 2.24. The molecular formula is C19H22N2O2. The molecule has 0 fully saturated rings. The lowest BCUT2D eigenvalue weighted by molar-refractivity contribution is 0.0954. The van der Waals surface area contributed by atoms with E-state index in [1.807, 2.05) is 25.1 Å². The monoisotopic (exact) mass is 310 g/mol. The quantitative estimate of drug-likeness (QED) is 0.798. The van der Waals surface area contributed by atoms with Crippen molar-refractivity contribution < 1.29 is 9.59 Å². The van der Waals surface area contributed by atoms with E-state index in [2.05, 4.69) is 17.6 Å². The molecule has 0 saturated heterocycles. The van der Waals surface area contributed by atoms with Gasteiger partial charge in [-0.2, -0.15) is 0 Å². The number of anilines is 1. The number of unbranched alkanes of at least 4 members (excludes halogenated alkanes) is 1. The lowest BCUT2D eigenvalue weighted by atomic mass is 10.1. The number of benzene rings is 2. The van der Waals surface area contributed by atoms with E-state index in [0.717, 1.165) is 18.4 Å². The van der Waals surface area contributed by atoms with E-state index >= 15 is 0 Å². The van der Waals surface area contributed by atoms with Gasteiger partial charge in [0.15, 0.2) is 0 Å². The van der Waals surface area contributed by atoms with E-state index in [9.17, 15) is 9.59 Å². The van der Waals surface area contributed by atoms with E-state index in [0.29, 0.717) is 23.4 Å². The van der Waals surface area contributed by atoms with Crippen LogP contribution in [0.15, 0.2) is 48.5 Å². The number of hydrogen-bond acceptors (Lipinski definition) is 2. The van der Waals surface area contributed by atoms with E-state index in [1.54, 1.807) is 30.3 Å². The van der Waals surface area contributed by atoms with Crippen LogP contribution in [0, 0.1) is 6.92 Å². The first-order chi connectivity index (χ1) is 11.1. The number of aryl methyl sites for hydroxylation is 1. The molecule has 0 spiro atoms. The Morgan fingerprint density at radius 1 is 1.00 bits per heavy atom. The van der Waals surface area contributed by atoms with Crippen LogP contribution in [0.4, 0.5) is 5.69 Å². The summed E-state index contributed by atoms with van der Waals surface area (Å²) in [5, 5.41) is 5.70. The Bertz CT molecular complexity index is 695. The van der Waals surface area contributed by atoms with Gasteiger partial charge in [0.25, 0.3) is 11.8 Å². The Kier molecular flexibility index (Phi) is 5.92. The highest BCUT2D eigenvalue weighted by Crippen LogP contribution is 2.16. The van der Waals surface area contributed by atoms with Crippen LogP contribution in [0.1, 0.15) is 46.0 Å². The molecule has 23 heavy (non-hydrogen) atoms. The molecule has 0 aliphatic carbocycles. The summed E-state index contributed by atoms with van der Waals surface area (Å²) >= 11 is 0. The second kappa shape index (κ2) is 8.13. The molecule has 2 aromatic carbocycles. The lowest BCUT2D eigenvalue weighted by Crippen LogP contribution is -2.26. The zero-order valence-electron chi connectivity index (χ0n) is 13.6. The highest BCUT2D eigenvalue weighted by Gasteiger charge is 2.13. The summed E-state index contributed by atoms with van der Waals surface area (Å²) in [5.74, 6) is -0.388. The molecule has 120 valence electrons. The number of amides is 2. The lowest BCUT2D eigenvalue weighted by Gasteiger charge is -2.11. The first kappa shape index (κ1) is 16.7. The molecule has 0 saturated carbocycles. The van der Waals surface area contributed by atoms with Crippen molar-refractivity contribution >= 4 is 17.5 Å². The van der Waals surface area contributed by atoms with Crippen molar-refractivity contribution in [3.05, 3.63) is 65.2 Å². The van der Waals surface area contributed by atoms with Crippen LogP contribution in [0.25, 0.3) is 0 Å². The Labute approximate surface area is 136 Å². The van der Waals surface area contributed by atoms with Crippen LogP contribution < -0.4 is 10.6 Å². The number of rotatable bonds is 6. The van der Waals surface area contributed by atoms with Crippen LogP contribution in [0.5, 0.6) is 0 Å². The van der Waals surface area contributed by atoms with Gasteiger partial charge in [0.1, 0.15) is 0 Å². The van der Waals surface area contributed by atoms with Crippen molar-refractivity contribution in [2.24, 2.45) is 0 Å². The fourth-order valence-corrected chi connectivity index (χ4v) is 2.24. The zero-order chi connectivity index (χ0) is 16.7. The van der Waals surface area contributed by atoms with Gasteiger partial charge in [-0.05, 0) is 37.6 Å². The van der Waals surface area contributed by atoms with Gasteiger partial charge in [-0.15, -0.1) is 0 Å². The average molecular weight is 310 g/mol. The van der Waals surface area contributed by atoms with Gasteiger partial charge in [-0.25, -0.2) is 0 Å². The molecule has 2 N–H and O–H groups in total. The van der Waals surface area contributed by atoms with Crippen LogP contribution in [-0.4, -0.2) is 18.4 Å². The van der Waals surface area contributed by atoms with Gasteiger partial charge in [-0.3, -0.25) is 9.59 Å². The van der Waals surface area contributed by atoms with E-state index < -0.39 is 0 Å². The van der Waals surface area contributed by atoms with E-state index in [-0.39, 0.29) is 11.8 Å². The molecule has 2 rings (SSSR count). The van der Waals surface area contributed by atoms with Crippen molar-refractivity contribution in [1.82, 2.24) is 5.32 Å². The highest BCUT2D eigenvalue weighted by atomic mass is 16.2. The van der Waals surface area contributed by atoms with Crippen LogP contribution in [0.3, 0.4) is 0 Å². The van der Waals surface area contributed by atoms with Gasteiger partial charge >= 0.3 is 0 Å². The third-order valence-corrected chi connectivity index (χ3v) is 3.52. The molecule has 2 amide bonds. The second-order valence-electron chi connectivity index (χ2n) is 5.48. The van der Waals surface area contributed by atoms with Crippen molar-refractivity contribution in [2.45, 2.75) is 26.7 Å². The molecule has 0 unspecified atom stereocenters. The Balaban J connectivity index is 2.14. The van der Waals surface area contributed by atoms with E-state index in [4.69, 9.17) is 0 Å². The third kappa shape index (κ3) is 4.68. The summed E-state index contributed by atoms with van der Waals surface area (Å²) in [6.07, 6.45) is 1.95. The molecule has 0 bridgehead atoms. The number of hydrogen-bond donors (Lipinski definition) is 2. The minimum atomic E-state index is -0.220. The molecule has 0 radical (unpaired) electrons. The summed E-state index contributed by atoms with van der Waals surface area (Å²) in [4.78, 5) is 24.6. The third-order valence-electron chi connectivity index (χ3n) is 3.52. The maximum absolute atomic E-state index is 12.4. The Morgan fingerprint density at radius 2 is 1.78 bits per heavy atom. The summed E-state index contributed by atoms with van der Waals surface area (Å²) < 4.78 is 0.